The fraction of sp³-hybridized carbons (Fsp3) is 0.455. The quantitative estimate of drug-likeness (QED) is 0.734. The van der Waals surface area contributed by atoms with Gasteiger partial charge in [0.05, 0.1) is 7.11 Å². The number of unbranched alkanes of at least 4 members (excludes halogenated alkanes) is 1. The summed E-state index contributed by atoms with van der Waals surface area (Å²) in [7, 11) is 1.45. The summed E-state index contributed by atoms with van der Waals surface area (Å²) in [6, 6.07) is 5.12. The number of aryl methyl sites for hydroxylation is 1. The molecule has 0 aliphatic heterocycles. The molecule has 0 saturated carbocycles. The van der Waals surface area contributed by atoms with E-state index in [0.29, 0.717) is 18.4 Å². The van der Waals surface area contributed by atoms with Crippen molar-refractivity contribution in [1.82, 2.24) is 0 Å². The average Bonchev–Trinajstić information content (AvgIpc) is 2.21. The standard InChI is InChI=1S/C11H15FO2/c1-14-10-7-4-6-9(11(10)12)5-2-3-8-13/h4,6-7,13H,2-3,5,8H2,1H3. The van der Waals surface area contributed by atoms with Gasteiger partial charge in [-0.2, -0.15) is 0 Å². The van der Waals surface area contributed by atoms with Crippen LogP contribution in [-0.2, 0) is 6.42 Å². The fourth-order valence-corrected chi connectivity index (χ4v) is 1.33. The van der Waals surface area contributed by atoms with Gasteiger partial charge in [0, 0.05) is 6.61 Å². The average molecular weight is 198 g/mol. The van der Waals surface area contributed by atoms with Crippen LogP contribution in [0.5, 0.6) is 5.75 Å². The van der Waals surface area contributed by atoms with E-state index in [1.54, 1.807) is 18.2 Å². The maximum atomic E-state index is 13.5. The van der Waals surface area contributed by atoms with Crippen LogP contribution in [0.25, 0.3) is 0 Å². The first-order chi connectivity index (χ1) is 6.79. The summed E-state index contributed by atoms with van der Waals surface area (Å²) in [4.78, 5) is 0. The molecule has 2 nitrogen and oxygen atoms in total. The van der Waals surface area contributed by atoms with Crippen LogP contribution in [-0.4, -0.2) is 18.8 Å². The molecule has 0 aliphatic rings. The minimum Gasteiger partial charge on any atom is -0.494 e. The molecule has 0 amide bonds. The number of aliphatic hydroxyl groups is 1. The summed E-state index contributed by atoms with van der Waals surface area (Å²) in [5.41, 5.74) is 0.651. The number of methoxy groups -OCH3 is 1. The van der Waals surface area contributed by atoms with Gasteiger partial charge in [-0.3, -0.25) is 0 Å². The summed E-state index contributed by atoms with van der Waals surface area (Å²) in [6.07, 6.45) is 2.14. The van der Waals surface area contributed by atoms with Crippen molar-refractivity contribution in [3.8, 4) is 5.75 Å². The Morgan fingerprint density at radius 1 is 1.36 bits per heavy atom. The molecule has 0 spiro atoms. The fourth-order valence-electron chi connectivity index (χ4n) is 1.33. The van der Waals surface area contributed by atoms with E-state index in [0.717, 1.165) is 6.42 Å². The van der Waals surface area contributed by atoms with Gasteiger partial charge in [0.1, 0.15) is 0 Å². The molecule has 0 bridgehead atoms. The Hall–Kier alpha value is -1.09. The highest BCUT2D eigenvalue weighted by Gasteiger charge is 2.07. The van der Waals surface area contributed by atoms with E-state index < -0.39 is 0 Å². The van der Waals surface area contributed by atoms with E-state index in [4.69, 9.17) is 9.84 Å². The Bertz CT molecular complexity index is 287. The zero-order chi connectivity index (χ0) is 10.4. The highest BCUT2D eigenvalue weighted by molar-refractivity contribution is 5.31. The number of benzene rings is 1. The lowest BCUT2D eigenvalue weighted by Gasteiger charge is -2.06. The van der Waals surface area contributed by atoms with Crippen LogP contribution in [0.2, 0.25) is 0 Å². The van der Waals surface area contributed by atoms with Gasteiger partial charge in [-0.25, -0.2) is 4.39 Å². The number of rotatable bonds is 5. The second-order valence-corrected chi connectivity index (χ2v) is 3.11. The van der Waals surface area contributed by atoms with Crippen LogP contribution in [0.4, 0.5) is 4.39 Å². The molecule has 0 saturated heterocycles. The highest BCUT2D eigenvalue weighted by atomic mass is 19.1. The molecule has 1 rings (SSSR count). The first-order valence-corrected chi connectivity index (χ1v) is 4.72. The summed E-state index contributed by atoms with van der Waals surface area (Å²) in [5.74, 6) is -0.000520. The third-order valence-electron chi connectivity index (χ3n) is 2.12. The van der Waals surface area contributed by atoms with Crippen molar-refractivity contribution in [2.45, 2.75) is 19.3 Å². The number of ether oxygens (including phenoxy) is 1. The first-order valence-electron chi connectivity index (χ1n) is 4.72. The van der Waals surface area contributed by atoms with Gasteiger partial charge in [-0.1, -0.05) is 12.1 Å². The molecule has 0 aromatic heterocycles. The van der Waals surface area contributed by atoms with Gasteiger partial charge < -0.3 is 9.84 Å². The van der Waals surface area contributed by atoms with Crippen molar-refractivity contribution < 1.29 is 14.2 Å². The van der Waals surface area contributed by atoms with E-state index in [1.807, 2.05) is 0 Å². The van der Waals surface area contributed by atoms with E-state index in [1.165, 1.54) is 7.11 Å². The minimum absolute atomic E-state index is 0.158. The van der Waals surface area contributed by atoms with Crippen LogP contribution < -0.4 is 4.74 Å². The molecule has 1 aromatic carbocycles. The lowest BCUT2D eigenvalue weighted by molar-refractivity contribution is 0.284. The normalized spacial score (nSPS) is 10.2. The molecule has 14 heavy (non-hydrogen) atoms. The smallest absolute Gasteiger partial charge is 0.168 e. The largest absolute Gasteiger partial charge is 0.494 e. The summed E-state index contributed by atoms with van der Waals surface area (Å²) < 4.78 is 18.4. The molecular weight excluding hydrogens is 183 g/mol. The van der Waals surface area contributed by atoms with E-state index >= 15 is 0 Å². The molecule has 0 radical (unpaired) electrons. The zero-order valence-electron chi connectivity index (χ0n) is 8.29. The van der Waals surface area contributed by atoms with Crippen LogP contribution in [0.15, 0.2) is 18.2 Å². The van der Waals surface area contributed by atoms with Crippen LogP contribution in [0.1, 0.15) is 18.4 Å². The highest BCUT2D eigenvalue weighted by Crippen LogP contribution is 2.21. The van der Waals surface area contributed by atoms with Crippen molar-refractivity contribution in [1.29, 1.82) is 0 Å². The predicted octanol–water partition coefficient (Wildman–Crippen LogP) is 2.15. The van der Waals surface area contributed by atoms with E-state index in [2.05, 4.69) is 0 Å². The maximum absolute atomic E-state index is 13.5. The van der Waals surface area contributed by atoms with Crippen molar-refractivity contribution in [2.75, 3.05) is 13.7 Å². The first kappa shape index (κ1) is 11.0. The predicted molar refractivity (Wildman–Crippen MR) is 53.0 cm³/mol. The van der Waals surface area contributed by atoms with Gasteiger partial charge in [-0.15, -0.1) is 0 Å². The number of aliphatic hydroxyl groups excluding tert-OH is 1. The Morgan fingerprint density at radius 3 is 2.79 bits per heavy atom. The lowest BCUT2D eigenvalue weighted by Crippen LogP contribution is -1.95. The molecule has 78 valence electrons. The topological polar surface area (TPSA) is 29.5 Å². The molecule has 0 unspecified atom stereocenters. The monoisotopic (exact) mass is 198 g/mol. The summed E-state index contributed by atoms with van der Waals surface area (Å²) in [6.45, 7) is 0.158. The SMILES string of the molecule is COc1cccc(CCCCO)c1F. The summed E-state index contributed by atoms with van der Waals surface area (Å²) in [5, 5.41) is 8.60. The van der Waals surface area contributed by atoms with Gasteiger partial charge >= 0.3 is 0 Å². The molecule has 1 aromatic rings. The number of hydrogen-bond donors (Lipinski definition) is 1. The van der Waals surface area contributed by atoms with Crippen LogP contribution in [0.3, 0.4) is 0 Å². The van der Waals surface area contributed by atoms with Crippen molar-refractivity contribution in [3.63, 3.8) is 0 Å². The molecule has 0 fully saturated rings. The second-order valence-electron chi connectivity index (χ2n) is 3.11. The Morgan fingerprint density at radius 2 is 2.14 bits per heavy atom. The molecule has 0 heterocycles. The van der Waals surface area contributed by atoms with Crippen molar-refractivity contribution >= 4 is 0 Å². The number of hydrogen-bond acceptors (Lipinski definition) is 2. The Balaban J connectivity index is 2.66. The van der Waals surface area contributed by atoms with Gasteiger partial charge in [0.2, 0.25) is 0 Å². The minimum atomic E-state index is -0.284. The molecule has 0 aliphatic carbocycles. The molecule has 3 heteroatoms. The van der Waals surface area contributed by atoms with Gasteiger partial charge in [0.25, 0.3) is 0 Å². The second kappa shape index (κ2) is 5.60. The van der Waals surface area contributed by atoms with Crippen LogP contribution in [0, 0.1) is 5.82 Å². The molecule has 1 N–H and O–H groups in total. The number of halogens is 1. The van der Waals surface area contributed by atoms with Crippen LogP contribution >= 0.6 is 0 Å². The third kappa shape index (κ3) is 2.70. The summed E-state index contributed by atoms with van der Waals surface area (Å²) >= 11 is 0. The molecular formula is C11H15FO2. The van der Waals surface area contributed by atoms with Crippen molar-refractivity contribution in [2.24, 2.45) is 0 Å². The van der Waals surface area contributed by atoms with E-state index in [9.17, 15) is 4.39 Å². The van der Waals surface area contributed by atoms with E-state index in [-0.39, 0.29) is 18.2 Å². The van der Waals surface area contributed by atoms with Crippen molar-refractivity contribution in [3.05, 3.63) is 29.6 Å². The third-order valence-corrected chi connectivity index (χ3v) is 2.12. The zero-order valence-corrected chi connectivity index (χ0v) is 8.29. The Kier molecular flexibility index (Phi) is 4.40. The maximum Gasteiger partial charge on any atom is 0.168 e. The Labute approximate surface area is 83.3 Å². The van der Waals surface area contributed by atoms with Gasteiger partial charge in [0.15, 0.2) is 11.6 Å². The lowest BCUT2D eigenvalue weighted by atomic mass is 10.1. The van der Waals surface area contributed by atoms with Gasteiger partial charge in [-0.05, 0) is 30.9 Å². The molecule has 0 atom stereocenters.